The van der Waals surface area contributed by atoms with Gasteiger partial charge < -0.3 is 19.4 Å². The first-order valence-electron chi connectivity index (χ1n) is 5.75. The van der Waals surface area contributed by atoms with Gasteiger partial charge in [0.05, 0.1) is 0 Å². The minimum Gasteiger partial charge on any atom is -0.512 e. The zero-order chi connectivity index (χ0) is 14.5. The highest BCUT2D eigenvalue weighted by atomic mass is 19.1. The van der Waals surface area contributed by atoms with E-state index in [1.807, 2.05) is 6.07 Å². The van der Waals surface area contributed by atoms with E-state index >= 15 is 0 Å². The Hall–Kier alpha value is -2.12. The first-order valence-corrected chi connectivity index (χ1v) is 5.75. The monoisotopic (exact) mass is 280 g/mol. The lowest BCUT2D eigenvalue weighted by Crippen LogP contribution is -2.20. The highest BCUT2D eigenvalue weighted by Gasteiger charge is 2.17. The number of rotatable bonds is 5. The van der Waals surface area contributed by atoms with E-state index < -0.39 is 24.7 Å². The van der Waals surface area contributed by atoms with Crippen LogP contribution >= 0.6 is 0 Å². The van der Waals surface area contributed by atoms with Gasteiger partial charge >= 0.3 is 7.32 Å². The molecule has 0 aliphatic rings. The maximum atomic E-state index is 13.7. The Morgan fingerprint density at radius 1 is 1.00 bits per heavy atom. The Bertz CT molecular complexity index is 555. The predicted octanol–water partition coefficient (Wildman–Crippen LogP) is 1.89. The molecule has 0 saturated heterocycles. The molecular weight excluding hydrogens is 269 g/mol. The molecule has 2 aromatic rings. The maximum absolute atomic E-state index is 13.7. The summed E-state index contributed by atoms with van der Waals surface area (Å²) in [5, 5.41) is 17.1. The molecule has 20 heavy (non-hydrogen) atoms. The molecule has 104 valence electrons. The van der Waals surface area contributed by atoms with Crippen LogP contribution in [0.15, 0.2) is 42.5 Å². The fourth-order valence-electron chi connectivity index (χ4n) is 1.59. The van der Waals surface area contributed by atoms with E-state index in [9.17, 15) is 8.78 Å². The van der Waals surface area contributed by atoms with Gasteiger partial charge in [-0.25, -0.2) is 8.78 Å². The second-order valence-corrected chi connectivity index (χ2v) is 3.93. The number of halogens is 2. The van der Waals surface area contributed by atoms with Gasteiger partial charge in [-0.15, -0.1) is 0 Å². The second-order valence-electron chi connectivity index (χ2n) is 3.93. The molecule has 0 aromatic heterocycles. The first-order chi connectivity index (χ1) is 9.56. The minimum absolute atomic E-state index is 0.0114. The molecule has 0 aliphatic carbocycles. The van der Waals surface area contributed by atoms with Gasteiger partial charge in [0.15, 0.2) is 17.4 Å². The Balaban J connectivity index is 2.12. The summed E-state index contributed by atoms with van der Waals surface area (Å²) in [7, 11) is -2.15. The maximum Gasteiger partial charge on any atom is 0.707 e. The predicted molar refractivity (Wildman–Crippen MR) is 68.0 cm³/mol. The van der Waals surface area contributed by atoms with Crippen LogP contribution in [0.3, 0.4) is 0 Å². The third kappa shape index (κ3) is 3.69. The van der Waals surface area contributed by atoms with Gasteiger partial charge in [-0.2, -0.15) is 0 Å². The Kier molecular flexibility index (Phi) is 4.55. The van der Waals surface area contributed by atoms with E-state index in [2.05, 4.69) is 4.65 Å². The molecule has 0 bridgehead atoms. The Morgan fingerprint density at radius 3 is 2.15 bits per heavy atom. The SMILES string of the molecule is OB(O)Oc1cc(F)c(OCc2ccccc2)c(F)c1. The fourth-order valence-corrected chi connectivity index (χ4v) is 1.59. The van der Waals surface area contributed by atoms with Crippen LogP contribution in [0, 0.1) is 11.6 Å². The molecule has 0 aliphatic heterocycles. The third-order valence-corrected chi connectivity index (χ3v) is 2.44. The standard InChI is InChI=1S/C13H11BF2O4/c15-11-6-10(20-14(17)18)7-12(16)13(11)19-8-9-4-2-1-3-5-9/h1-7,17-18H,8H2. The third-order valence-electron chi connectivity index (χ3n) is 2.44. The molecule has 0 amide bonds. The van der Waals surface area contributed by atoms with E-state index in [1.165, 1.54) is 0 Å². The number of ether oxygens (including phenoxy) is 1. The highest BCUT2D eigenvalue weighted by Crippen LogP contribution is 2.27. The zero-order valence-corrected chi connectivity index (χ0v) is 10.3. The summed E-state index contributed by atoms with van der Waals surface area (Å²) in [6, 6.07) is 10.5. The van der Waals surface area contributed by atoms with E-state index in [0.29, 0.717) is 0 Å². The van der Waals surface area contributed by atoms with Crippen LogP contribution in [-0.4, -0.2) is 17.4 Å². The number of hydrogen-bond acceptors (Lipinski definition) is 4. The highest BCUT2D eigenvalue weighted by molar-refractivity contribution is 6.33. The van der Waals surface area contributed by atoms with Crippen LogP contribution in [-0.2, 0) is 6.61 Å². The Labute approximate surface area is 114 Å². The summed E-state index contributed by atoms with van der Waals surface area (Å²) in [6.07, 6.45) is 0. The molecule has 4 nitrogen and oxygen atoms in total. The van der Waals surface area contributed by atoms with Gasteiger partial charge in [0.25, 0.3) is 0 Å². The van der Waals surface area contributed by atoms with Crippen molar-refractivity contribution in [2.75, 3.05) is 0 Å². The molecule has 2 rings (SSSR count). The van der Waals surface area contributed by atoms with Gasteiger partial charge in [0, 0.05) is 12.1 Å². The number of benzene rings is 2. The van der Waals surface area contributed by atoms with Crippen molar-refractivity contribution in [3.05, 3.63) is 59.7 Å². The van der Waals surface area contributed by atoms with Crippen molar-refractivity contribution in [1.82, 2.24) is 0 Å². The van der Waals surface area contributed by atoms with Crippen molar-refractivity contribution in [1.29, 1.82) is 0 Å². The van der Waals surface area contributed by atoms with Crippen LogP contribution in [0.2, 0.25) is 0 Å². The summed E-state index contributed by atoms with van der Waals surface area (Å²) < 4.78 is 36.8. The molecule has 0 saturated carbocycles. The average molecular weight is 280 g/mol. The molecule has 2 aromatic carbocycles. The molecule has 2 N–H and O–H groups in total. The molecular formula is C13H11BF2O4. The normalized spacial score (nSPS) is 10.2. The second kappa shape index (κ2) is 6.36. The summed E-state index contributed by atoms with van der Waals surface area (Å²) >= 11 is 0. The minimum atomic E-state index is -2.15. The van der Waals surface area contributed by atoms with E-state index in [4.69, 9.17) is 14.8 Å². The van der Waals surface area contributed by atoms with Crippen molar-refractivity contribution in [3.8, 4) is 11.5 Å². The van der Waals surface area contributed by atoms with Crippen molar-refractivity contribution < 1.29 is 28.2 Å². The molecule has 0 radical (unpaired) electrons. The van der Waals surface area contributed by atoms with Crippen LogP contribution < -0.4 is 9.39 Å². The smallest absolute Gasteiger partial charge is 0.512 e. The van der Waals surface area contributed by atoms with Crippen molar-refractivity contribution in [3.63, 3.8) is 0 Å². The summed E-state index contributed by atoms with van der Waals surface area (Å²) in [4.78, 5) is 0. The van der Waals surface area contributed by atoms with Crippen molar-refractivity contribution >= 4 is 7.32 Å². The average Bonchev–Trinajstić information content (AvgIpc) is 2.38. The molecule has 0 fully saturated rings. The lowest BCUT2D eigenvalue weighted by atomic mass is 10.2. The van der Waals surface area contributed by atoms with E-state index in [0.717, 1.165) is 17.7 Å². The molecule has 0 spiro atoms. The molecule has 0 unspecified atom stereocenters. The largest absolute Gasteiger partial charge is 0.707 e. The summed E-state index contributed by atoms with van der Waals surface area (Å²) in [5.74, 6) is -2.87. The molecule has 0 heterocycles. The fraction of sp³-hybridized carbons (Fsp3) is 0.0769. The van der Waals surface area contributed by atoms with Gasteiger partial charge in [-0.05, 0) is 5.56 Å². The van der Waals surface area contributed by atoms with Gasteiger partial charge in [-0.1, -0.05) is 30.3 Å². The van der Waals surface area contributed by atoms with Crippen LogP contribution in [0.5, 0.6) is 11.5 Å². The summed E-state index contributed by atoms with van der Waals surface area (Å²) in [6.45, 7) is 0.0114. The van der Waals surface area contributed by atoms with E-state index in [-0.39, 0.29) is 12.4 Å². The van der Waals surface area contributed by atoms with Gasteiger partial charge in [-0.3, -0.25) is 0 Å². The first kappa shape index (κ1) is 14.3. The quantitative estimate of drug-likeness (QED) is 0.821. The molecule has 0 atom stereocenters. The topological polar surface area (TPSA) is 58.9 Å². The van der Waals surface area contributed by atoms with Crippen LogP contribution in [0.4, 0.5) is 8.78 Å². The van der Waals surface area contributed by atoms with Gasteiger partial charge in [0.2, 0.25) is 0 Å². The lowest BCUT2D eigenvalue weighted by Gasteiger charge is -2.11. The lowest BCUT2D eigenvalue weighted by molar-refractivity contribution is 0.268. The number of hydrogen-bond donors (Lipinski definition) is 2. The van der Waals surface area contributed by atoms with E-state index in [1.54, 1.807) is 24.3 Å². The van der Waals surface area contributed by atoms with Crippen molar-refractivity contribution in [2.24, 2.45) is 0 Å². The van der Waals surface area contributed by atoms with Crippen molar-refractivity contribution in [2.45, 2.75) is 6.61 Å². The van der Waals surface area contributed by atoms with Crippen LogP contribution in [0.1, 0.15) is 5.56 Å². The zero-order valence-electron chi connectivity index (χ0n) is 10.3. The van der Waals surface area contributed by atoms with Crippen LogP contribution in [0.25, 0.3) is 0 Å². The molecule has 7 heteroatoms. The van der Waals surface area contributed by atoms with Gasteiger partial charge in [0.1, 0.15) is 12.4 Å². The summed E-state index contributed by atoms with van der Waals surface area (Å²) in [5.41, 5.74) is 0.761. The Morgan fingerprint density at radius 2 is 1.60 bits per heavy atom.